The molecule has 3 rings (SSSR count). The second kappa shape index (κ2) is 4.84. The molecule has 2 fully saturated rings. The van der Waals surface area contributed by atoms with Gasteiger partial charge in [-0.15, -0.1) is 11.3 Å². The van der Waals surface area contributed by atoms with Crippen molar-refractivity contribution in [3.8, 4) is 0 Å². The van der Waals surface area contributed by atoms with Gasteiger partial charge in [0.05, 0.1) is 5.01 Å². The normalized spacial score (nSPS) is 21.8. The van der Waals surface area contributed by atoms with E-state index in [1.54, 1.807) is 0 Å². The number of thiazole rings is 1. The maximum Gasteiger partial charge on any atom is 0.0959 e. The lowest BCUT2D eigenvalue weighted by molar-refractivity contribution is 0.490. The van der Waals surface area contributed by atoms with E-state index in [9.17, 15) is 0 Å². The minimum Gasteiger partial charge on any atom is -0.312 e. The first-order chi connectivity index (χ1) is 7.92. The van der Waals surface area contributed by atoms with Gasteiger partial charge in [-0.25, -0.2) is 4.98 Å². The molecule has 3 heteroatoms. The second-order valence-corrected chi connectivity index (χ2v) is 6.37. The number of hydrogen-bond acceptors (Lipinski definition) is 3. The summed E-state index contributed by atoms with van der Waals surface area (Å²) in [5, 5.41) is 4.96. The summed E-state index contributed by atoms with van der Waals surface area (Å²) in [7, 11) is 0. The maximum absolute atomic E-state index is 4.51. The Labute approximate surface area is 101 Å². The van der Waals surface area contributed by atoms with Crippen molar-refractivity contribution in [1.29, 1.82) is 0 Å². The molecule has 0 unspecified atom stereocenters. The second-order valence-electron chi connectivity index (χ2n) is 5.22. The highest BCUT2D eigenvalue weighted by Gasteiger charge is 2.26. The third kappa shape index (κ3) is 2.64. The van der Waals surface area contributed by atoms with Crippen LogP contribution in [0.1, 0.15) is 54.3 Å². The Morgan fingerprint density at radius 1 is 1.25 bits per heavy atom. The monoisotopic (exact) mass is 236 g/mol. The van der Waals surface area contributed by atoms with Gasteiger partial charge < -0.3 is 5.32 Å². The molecule has 1 heterocycles. The Bertz CT molecular complexity index is 337. The summed E-state index contributed by atoms with van der Waals surface area (Å²) in [6.45, 7) is 2.23. The van der Waals surface area contributed by atoms with Gasteiger partial charge in [-0.05, 0) is 38.1 Å². The number of aromatic nitrogens is 1. The van der Waals surface area contributed by atoms with Crippen LogP contribution in [0.2, 0.25) is 0 Å². The zero-order valence-corrected chi connectivity index (χ0v) is 10.6. The number of nitrogens with zero attached hydrogens (tertiary/aromatic N) is 1. The molecule has 0 aromatic carbocycles. The van der Waals surface area contributed by atoms with E-state index in [1.807, 2.05) is 11.3 Å². The first-order valence-corrected chi connectivity index (χ1v) is 7.39. The average Bonchev–Trinajstić information content (AvgIpc) is 2.83. The summed E-state index contributed by atoms with van der Waals surface area (Å²) in [6.07, 6.45) is 10.5. The minimum absolute atomic E-state index is 0.814. The van der Waals surface area contributed by atoms with Crippen LogP contribution >= 0.6 is 11.3 Å². The minimum atomic E-state index is 0.814. The zero-order chi connectivity index (χ0) is 10.8. The van der Waals surface area contributed by atoms with Crippen molar-refractivity contribution in [1.82, 2.24) is 10.3 Å². The molecule has 2 saturated carbocycles. The van der Waals surface area contributed by atoms with Gasteiger partial charge >= 0.3 is 0 Å². The molecule has 0 spiro atoms. The van der Waals surface area contributed by atoms with Gasteiger partial charge in [-0.2, -0.15) is 0 Å². The van der Waals surface area contributed by atoms with Crippen LogP contribution in [-0.4, -0.2) is 11.5 Å². The van der Waals surface area contributed by atoms with Crippen LogP contribution in [0.15, 0.2) is 6.20 Å². The van der Waals surface area contributed by atoms with Crippen LogP contribution in [0.5, 0.6) is 0 Å². The van der Waals surface area contributed by atoms with E-state index in [2.05, 4.69) is 16.5 Å². The number of hydrogen-bond donors (Lipinski definition) is 1. The number of rotatable bonds is 5. The molecular formula is C13H20N2S. The number of nitrogens with one attached hydrogen (secondary N) is 1. The molecule has 2 aliphatic carbocycles. The highest BCUT2D eigenvalue weighted by Crippen LogP contribution is 2.41. The van der Waals surface area contributed by atoms with Gasteiger partial charge in [0.15, 0.2) is 0 Å². The van der Waals surface area contributed by atoms with Crippen LogP contribution in [0.3, 0.4) is 0 Å². The SMILES string of the molecule is c1nc(C2CC2)sc1CNCC1CCCC1. The van der Waals surface area contributed by atoms with Gasteiger partial charge in [-0.3, -0.25) is 0 Å². The Morgan fingerprint density at radius 3 is 2.81 bits per heavy atom. The highest BCUT2D eigenvalue weighted by molar-refractivity contribution is 7.11. The Balaban J connectivity index is 1.42. The van der Waals surface area contributed by atoms with Crippen molar-refractivity contribution in [3.05, 3.63) is 16.1 Å². The van der Waals surface area contributed by atoms with Gasteiger partial charge in [0.1, 0.15) is 0 Å². The van der Waals surface area contributed by atoms with Crippen LogP contribution in [0, 0.1) is 5.92 Å². The van der Waals surface area contributed by atoms with E-state index in [4.69, 9.17) is 0 Å². The predicted molar refractivity (Wildman–Crippen MR) is 67.8 cm³/mol. The van der Waals surface area contributed by atoms with E-state index in [1.165, 1.54) is 55.0 Å². The molecule has 16 heavy (non-hydrogen) atoms. The van der Waals surface area contributed by atoms with Gasteiger partial charge in [0, 0.05) is 23.5 Å². The Hall–Kier alpha value is -0.410. The fraction of sp³-hybridized carbons (Fsp3) is 0.769. The topological polar surface area (TPSA) is 24.9 Å². The van der Waals surface area contributed by atoms with E-state index in [0.29, 0.717) is 0 Å². The van der Waals surface area contributed by atoms with Crippen LogP contribution < -0.4 is 5.32 Å². The molecule has 88 valence electrons. The summed E-state index contributed by atoms with van der Waals surface area (Å²) in [6, 6.07) is 0. The largest absolute Gasteiger partial charge is 0.312 e. The first kappa shape index (κ1) is 10.7. The molecule has 0 aliphatic heterocycles. The third-order valence-corrected chi connectivity index (χ3v) is 4.86. The van der Waals surface area contributed by atoms with Crippen molar-refractivity contribution in [2.75, 3.05) is 6.54 Å². The van der Waals surface area contributed by atoms with Crippen molar-refractivity contribution >= 4 is 11.3 Å². The quantitative estimate of drug-likeness (QED) is 0.848. The van der Waals surface area contributed by atoms with E-state index < -0.39 is 0 Å². The Morgan fingerprint density at radius 2 is 2.06 bits per heavy atom. The molecular weight excluding hydrogens is 216 g/mol. The van der Waals surface area contributed by atoms with Crippen LogP contribution in [-0.2, 0) is 6.54 Å². The molecule has 0 saturated heterocycles. The van der Waals surface area contributed by atoms with Gasteiger partial charge in [0.2, 0.25) is 0 Å². The van der Waals surface area contributed by atoms with Crippen molar-refractivity contribution in [2.24, 2.45) is 5.92 Å². The maximum atomic E-state index is 4.51. The molecule has 0 radical (unpaired) electrons. The highest BCUT2D eigenvalue weighted by atomic mass is 32.1. The predicted octanol–water partition coefficient (Wildman–Crippen LogP) is 3.30. The lowest BCUT2D eigenvalue weighted by Crippen LogP contribution is -2.20. The van der Waals surface area contributed by atoms with Gasteiger partial charge in [0.25, 0.3) is 0 Å². The summed E-state index contributed by atoms with van der Waals surface area (Å²) in [4.78, 5) is 5.92. The fourth-order valence-corrected chi connectivity index (χ4v) is 3.59. The fourth-order valence-electron chi connectivity index (χ4n) is 2.54. The first-order valence-electron chi connectivity index (χ1n) is 6.57. The lowest BCUT2D eigenvalue weighted by atomic mass is 10.1. The van der Waals surface area contributed by atoms with Crippen molar-refractivity contribution in [3.63, 3.8) is 0 Å². The summed E-state index contributed by atoms with van der Waals surface area (Å²) >= 11 is 1.91. The summed E-state index contributed by atoms with van der Waals surface area (Å²) in [5.74, 6) is 1.75. The molecule has 0 atom stereocenters. The summed E-state index contributed by atoms with van der Waals surface area (Å²) < 4.78 is 0. The molecule has 0 amide bonds. The van der Waals surface area contributed by atoms with Crippen LogP contribution in [0.4, 0.5) is 0 Å². The molecule has 0 bridgehead atoms. The smallest absolute Gasteiger partial charge is 0.0959 e. The molecule has 1 N–H and O–H groups in total. The summed E-state index contributed by atoms with van der Waals surface area (Å²) in [5.41, 5.74) is 0. The van der Waals surface area contributed by atoms with Crippen molar-refractivity contribution < 1.29 is 0 Å². The van der Waals surface area contributed by atoms with E-state index in [-0.39, 0.29) is 0 Å². The van der Waals surface area contributed by atoms with Gasteiger partial charge in [-0.1, -0.05) is 12.8 Å². The zero-order valence-electron chi connectivity index (χ0n) is 9.74. The van der Waals surface area contributed by atoms with Crippen LogP contribution in [0.25, 0.3) is 0 Å². The molecule has 1 aromatic heterocycles. The van der Waals surface area contributed by atoms with E-state index in [0.717, 1.165) is 18.4 Å². The van der Waals surface area contributed by atoms with E-state index >= 15 is 0 Å². The molecule has 1 aromatic rings. The standard InChI is InChI=1S/C13H20N2S/c1-2-4-10(3-1)7-14-8-12-9-15-13(16-12)11-5-6-11/h9-11,14H,1-8H2. The van der Waals surface area contributed by atoms with Crippen molar-refractivity contribution in [2.45, 2.75) is 51.0 Å². The average molecular weight is 236 g/mol. The Kier molecular flexibility index (Phi) is 3.25. The third-order valence-electron chi connectivity index (χ3n) is 3.71. The molecule has 2 nitrogen and oxygen atoms in total. The molecule has 2 aliphatic rings. The lowest BCUT2D eigenvalue weighted by Gasteiger charge is -2.08.